The topological polar surface area (TPSA) is 128 Å². The lowest BCUT2D eigenvalue weighted by atomic mass is 9.93. The summed E-state index contributed by atoms with van der Waals surface area (Å²) in [5, 5.41) is 0. The number of sulfonamides is 2. The molecule has 0 saturated heterocycles. The molecule has 0 spiro atoms. The van der Waals surface area contributed by atoms with Crippen LogP contribution in [0, 0.1) is 0 Å². The van der Waals surface area contributed by atoms with Crippen molar-refractivity contribution in [2.75, 3.05) is 17.6 Å². The summed E-state index contributed by atoms with van der Waals surface area (Å²) in [7, 11) is -5.90. The van der Waals surface area contributed by atoms with Crippen LogP contribution in [0.15, 0.2) is 23.1 Å². The van der Waals surface area contributed by atoms with Gasteiger partial charge in [0.2, 0.25) is 20.0 Å². The van der Waals surface area contributed by atoms with Crippen LogP contribution in [0.2, 0.25) is 0 Å². The lowest BCUT2D eigenvalue weighted by Crippen LogP contribution is -2.40. The van der Waals surface area contributed by atoms with Gasteiger partial charge in [-0.1, -0.05) is 0 Å². The first kappa shape index (κ1) is 20.0. The molecule has 142 valence electrons. The predicted molar refractivity (Wildman–Crippen MR) is 96.6 cm³/mol. The van der Waals surface area contributed by atoms with Crippen LogP contribution >= 0.6 is 0 Å². The Hall–Kier alpha value is -1.36. The summed E-state index contributed by atoms with van der Waals surface area (Å²) in [5.74, 6) is -0.00268. The van der Waals surface area contributed by atoms with Gasteiger partial charge in [0, 0.05) is 18.2 Å². The maximum absolute atomic E-state index is 12.7. The Morgan fingerprint density at radius 3 is 2.36 bits per heavy atom. The highest BCUT2D eigenvalue weighted by atomic mass is 32.2. The van der Waals surface area contributed by atoms with Gasteiger partial charge >= 0.3 is 0 Å². The first-order valence-corrected chi connectivity index (χ1v) is 11.3. The Morgan fingerprint density at radius 1 is 1.16 bits per heavy atom. The zero-order valence-corrected chi connectivity index (χ0v) is 16.0. The van der Waals surface area contributed by atoms with Crippen LogP contribution in [0.3, 0.4) is 0 Å². The van der Waals surface area contributed by atoms with Crippen molar-refractivity contribution in [1.82, 2.24) is 4.72 Å². The molecule has 1 fully saturated rings. The van der Waals surface area contributed by atoms with Crippen LogP contribution in [0.25, 0.3) is 0 Å². The molecule has 0 aromatic heterocycles. The molecule has 4 N–H and O–H groups in total. The van der Waals surface area contributed by atoms with Gasteiger partial charge in [0.05, 0.1) is 18.6 Å². The summed E-state index contributed by atoms with van der Waals surface area (Å²) < 4.78 is 58.8. The molecular weight excluding hydrogens is 366 g/mol. The molecule has 0 bridgehead atoms. The minimum Gasteiger partial charge on any atom is -0.495 e. The fourth-order valence-electron chi connectivity index (χ4n) is 2.72. The second-order valence-electron chi connectivity index (χ2n) is 6.10. The minimum absolute atomic E-state index is 0.0238. The van der Waals surface area contributed by atoms with E-state index >= 15 is 0 Å². The Bertz CT molecular complexity index is 800. The van der Waals surface area contributed by atoms with E-state index in [1.165, 1.54) is 32.2 Å². The van der Waals surface area contributed by atoms with Crippen LogP contribution in [0.1, 0.15) is 32.6 Å². The normalized spacial score (nSPS) is 21.7. The molecule has 0 heterocycles. The van der Waals surface area contributed by atoms with Gasteiger partial charge in [-0.3, -0.25) is 4.72 Å². The van der Waals surface area contributed by atoms with Gasteiger partial charge in [-0.2, -0.15) is 0 Å². The first-order valence-electron chi connectivity index (χ1n) is 8.13. The standard InChI is InChI=1S/C15H25N3O5S2/c1-3-24(19,20)17-13-8-9-15(14(10-13)23-2)25(21,22)18-12-6-4-11(16)5-7-12/h8-12,17-18H,3-7,16H2,1-2H3. The molecular formula is C15H25N3O5S2. The van der Waals surface area contributed by atoms with Crippen molar-refractivity contribution >= 4 is 25.7 Å². The average Bonchev–Trinajstić information content (AvgIpc) is 2.56. The number of anilines is 1. The van der Waals surface area contributed by atoms with E-state index in [1.807, 2.05) is 0 Å². The van der Waals surface area contributed by atoms with Crippen molar-refractivity contribution in [3.05, 3.63) is 18.2 Å². The molecule has 0 radical (unpaired) electrons. The largest absolute Gasteiger partial charge is 0.495 e. The van der Waals surface area contributed by atoms with E-state index < -0.39 is 20.0 Å². The van der Waals surface area contributed by atoms with Crippen molar-refractivity contribution < 1.29 is 21.6 Å². The number of nitrogens with two attached hydrogens (primary N) is 1. The molecule has 8 nitrogen and oxygen atoms in total. The van der Waals surface area contributed by atoms with Crippen molar-refractivity contribution in [1.29, 1.82) is 0 Å². The molecule has 1 aromatic rings. The molecule has 2 rings (SSSR count). The van der Waals surface area contributed by atoms with E-state index in [2.05, 4.69) is 9.44 Å². The third-order valence-electron chi connectivity index (χ3n) is 4.20. The second kappa shape index (κ2) is 7.90. The van der Waals surface area contributed by atoms with E-state index in [9.17, 15) is 16.8 Å². The summed E-state index contributed by atoms with van der Waals surface area (Å²) in [6.45, 7) is 1.51. The fraction of sp³-hybridized carbons (Fsp3) is 0.600. The van der Waals surface area contributed by atoms with E-state index in [-0.39, 0.29) is 34.2 Å². The number of hydrogen-bond donors (Lipinski definition) is 3. The Kier molecular flexibility index (Phi) is 6.30. The van der Waals surface area contributed by atoms with Gasteiger partial charge in [0.1, 0.15) is 10.6 Å². The first-order chi connectivity index (χ1) is 11.7. The molecule has 1 saturated carbocycles. The third kappa shape index (κ3) is 5.30. The number of methoxy groups -OCH3 is 1. The van der Waals surface area contributed by atoms with Crippen LogP contribution in [0.5, 0.6) is 5.75 Å². The average molecular weight is 392 g/mol. The third-order valence-corrected chi connectivity index (χ3v) is 7.07. The maximum atomic E-state index is 12.7. The van der Waals surface area contributed by atoms with Crippen molar-refractivity contribution in [3.8, 4) is 5.75 Å². The van der Waals surface area contributed by atoms with Crippen LogP contribution in [-0.4, -0.2) is 41.8 Å². The minimum atomic E-state index is -3.78. The highest BCUT2D eigenvalue weighted by Crippen LogP contribution is 2.29. The summed E-state index contributed by atoms with van der Waals surface area (Å²) in [6.07, 6.45) is 2.94. The van der Waals surface area contributed by atoms with Crippen molar-refractivity contribution in [3.63, 3.8) is 0 Å². The number of ether oxygens (including phenoxy) is 1. The number of rotatable bonds is 7. The monoisotopic (exact) mass is 391 g/mol. The molecule has 0 amide bonds. The molecule has 0 aliphatic heterocycles. The molecule has 1 aromatic carbocycles. The van der Waals surface area contributed by atoms with Gasteiger partial charge in [-0.25, -0.2) is 21.6 Å². The van der Waals surface area contributed by atoms with E-state index in [4.69, 9.17) is 10.5 Å². The predicted octanol–water partition coefficient (Wildman–Crippen LogP) is 1.01. The zero-order chi connectivity index (χ0) is 18.7. The highest BCUT2D eigenvalue weighted by molar-refractivity contribution is 7.92. The fourth-order valence-corrected chi connectivity index (χ4v) is 4.81. The molecule has 0 unspecified atom stereocenters. The second-order valence-corrected chi connectivity index (χ2v) is 9.80. The van der Waals surface area contributed by atoms with Gasteiger partial charge < -0.3 is 10.5 Å². The molecule has 25 heavy (non-hydrogen) atoms. The lowest BCUT2D eigenvalue weighted by Gasteiger charge is -2.26. The lowest BCUT2D eigenvalue weighted by molar-refractivity contribution is 0.371. The zero-order valence-electron chi connectivity index (χ0n) is 14.4. The molecule has 10 heteroatoms. The number of hydrogen-bond acceptors (Lipinski definition) is 6. The quantitative estimate of drug-likeness (QED) is 0.636. The van der Waals surface area contributed by atoms with Crippen LogP contribution in [-0.2, 0) is 20.0 Å². The van der Waals surface area contributed by atoms with Gasteiger partial charge in [0.15, 0.2) is 0 Å². The Morgan fingerprint density at radius 2 is 1.80 bits per heavy atom. The summed E-state index contributed by atoms with van der Waals surface area (Å²) in [5.41, 5.74) is 6.09. The summed E-state index contributed by atoms with van der Waals surface area (Å²) in [4.78, 5) is -0.0238. The highest BCUT2D eigenvalue weighted by Gasteiger charge is 2.26. The molecule has 1 aliphatic rings. The molecule has 1 aliphatic carbocycles. The Labute approximate surface area is 149 Å². The van der Waals surface area contributed by atoms with Gasteiger partial charge in [0.25, 0.3) is 0 Å². The SMILES string of the molecule is CCS(=O)(=O)Nc1ccc(S(=O)(=O)NC2CCC(N)CC2)c(OC)c1. The number of nitrogens with one attached hydrogen (secondary N) is 2. The van der Waals surface area contributed by atoms with E-state index in [0.717, 1.165) is 12.8 Å². The van der Waals surface area contributed by atoms with Crippen molar-refractivity contribution in [2.24, 2.45) is 5.73 Å². The Balaban J connectivity index is 2.22. The number of benzene rings is 1. The maximum Gasteiger partial charge on any atom is 0.244 e. The summed E-state index contributed by atoms with van der Waals surface area (Å²) >= 11 is 0. The van der Waals surface area contributed by atoms with E-state index in [1.54, 1.807) is 0 Å². The van der Waals surface area contributed by atoms with Crippen LogP contribution < -0.4 is 19.9 Å². The molecule has 0 atom stereocenters. The van der Waals surface area contributed by atoms with E-state index in [0.29, 0.717) is 12.8 Å². The smallest absolute Gasteiger partial charge is 0.244 e. The van der Waals surface area contributed by atoms with Crippen molar-refractivity contribution in [2.45, 2.75) is 49.6 Å². The summed E-state index contributed by atoms with van der Waals surface area (Å²) in [6, 6.07) is 4.07. The van der Waals surface area contributed by atoms with Gasteiger partial charge in [-0.05, 0) is 44.7 Å². The van der Waals surface area contributed by atoms with Crippen LogP contribution in [0.4, 0.5) is 5.69 Å². The van der Waals surface area contributed by atoms with Gasteiger partial charge in [-0.15, -0.1) is 0 Å².